The smallest absolute Gasteiger partial charge is 0.230 e. The molecule has 0 saturated carbocycles. The van der Waals surface area contributed by atoms with Crippen molar-refractivity contribution in [2.75, 3.05) is 25.4 Å². The Balaban J connectivity index is 1.52. The summed E-state index contributed by atoms with van der Waals surface area (Å²) in [6, 6.07) is 14.2. The van der Waals surface area contributed by atoms with Crippen LogP contribution in [0.5, 0.6) is 0 Å². The number of carbonyl (C=O) groups excluding carboxylic acids is 1. The molecular weight excluding hydrogens is 396 g/mol. The summed E-state index contributed by atoms with van der Waals surface area (Å²) in [7, 11) is 0. The quantitative estimate of drug-likeness (QED) is 0.450. The number of likely N-dealkylation sites (N-methyl/N-ethyl adjacent to an activating group) is 1. The van der Waals surface area contributed by atoms with Gasteiger partial charge in [0.15, 0.2) is 5.16 Å². The zero-order valence-electron chi connectivity index (χ0n) is 17.9. The molecule has 0 fully saturated rings. The molecule has 0 saturated heterocycles. The summed E-state index contributed by atoms with van der Waals surface area (Å²) in [5, 5.41) is 3.83. The number of nitrogens with one attached hydrogen (secondary N) is 2. The fourth-order valence-electron chi connectivity index (χ4n) is 3.45. The molecule has 30 heavy (non-hydrogen) atoms. The van der Waals surface area contributed by atoms with Gasteiger partial charge in [0.1, 0.15) is 5.76 Å². The van der Waals surface area contributed by atoms with Crippen molar-refractivity contribution >= 4 is 17.7 Å². The van der Waals surface area contributed by atoms with Gasteiger partial charge in [0.05, 0.1) is 23.8 Å². The lowest BCUT2D eigenvalue weighted by Gasteiger charge is -2.28. The first kappa shape index (κ1) is 22.2. The number of aromatic nitrogens is 2. The maximum atomic E-state index is 12.4. The van der Waals surface area contributed by atoms with Crippen molar-refractivity contribution in [3.63, 3.8) is 0 Å². The molecule has 7 heteroatoms. The second-order valence-corrected chi connectivity index (χ2v) is 8.09. The molecule has 1 amide bonds. The summed E-state index contributed by atoms with van der Waals surface area (Å²) in [4.78, 5) is 22.7. The largest absolute Gasteiger partial charge is 0.468 e. The number of furan rings is 1. The molecule has 1 atom stereocenters. The highest BCUT2D eigenvalue weighted by Gasteiger charge is 2.21. The number of amides is 1. The standard InChI is InChI=1S/C23H30N4O2S/c1-4-27(5-2)20(21-12-9-13-29-21)15-24-22(28)16-30-23-25-17(3)19(26-23)14-18-10-7-6-8-11-18/h6-13,20H,4-5,14-16H2,1-3H3,(H,24,28)(H,25,26)/t20-/m1/s1. The van der Waals surface area contributed by atoms with Crippen molar-refractivity contribution in [1.29, 1.82) is 0 Å². The van der Waals surface area contributed by atoms with Gasteiger partial charge in [0, 0.05) is 18.7 Å². The summed E-state index contributed by atoms with van der Waals surface area (Å²) in [5.41, 5.74) is 3.28. The van der Waals surface area contributed by atoms with Crippen LogP contribution in [0.25, 0.3) is 0 Å². The summed E-state index contributed by atoms with van der Waals surface area (Å²) in [6.07, 6.45) is 2.46. The van der Waals surface area contributed by atoms with E-state index in [4.69, 9.17) is 4.42 Å². The lowest BCUT2D eigenvalue weighted by atomic mass is 10.1. The molecule has 0 radical (unpaired) electrons. The minimum Gasteiger partial charge on any atom is -0.468 e. The number of aryl methyl sites for hydroxylation is 1. The molecular formula is C23H30N4O2S. The summed E-state index contributed by atoms with van der Waals surface area (Å²) >= 11 is 1.43. The van der Waals surface area contributed by atoms with Crippen LogP contribution in [0.4, 0.5) is 0 Å². The first-order valence-electron chi connectivity index (χ1n) is 10.4. The van der Waals surface area contributed by atoms with Crippen LogP contribution in [0.1, 0.15) is 42.6 Å². The molecule has 3 aromatic rings. The fraction of sp³-hybridized carbons (Fsp3) is 0.391. The summed E-state index contributed by atoms with van der Waals surface area (Å²) < 4.78 is 5.59. The van der Waals surface area contributed by atoms with E-state index in [0.29, 0.717) is 12.3 Å². The van der Waals surface area contributed by atoms with Gasteiger partial charge in [-0.2, -0.15) is 0 Å². The number of hydrogen-bond donors (Lipinski definition) is 2. The second-order valence-electron chi connectivity index (χ2n) is 7.12. The van der Waals surface area contributed by atoms with Crippen molar-refractivity contribution < 1.29 is 9.21 Å². The third kappa shape index (κ3) is 6.00. The Morgan fingerprint density at radius 1 is 1.20 bits per heavy atom. The van der Waals surface area contributed by atoms with Gasteiger partial charge in [0.2, 0.25) is 5.91 Å². The maximum Gasteiger partial charge on any atom is 0.230 e. The number of hydrogen-bond acceptors (Lipinski definition) is 5. The van der Waals surface area contributed by atoms with E-state index < -0.39 is 0 Å². The number of benzene rings is 1. The molecule has 0 unspecified atom stereocenters. The van der Waals surface area contributed by atoms with Crippen LogP contribution in [0.3, 0.4) is 0 Å². The zero-order chi connectivity index (χ0) is 21.3. The number of H-pyrrole nitrogens is 1. The van der Waals surface area contributed by atoms with E-state index in [9.17, 15) is 4.79 Å². The van der Waals surface area contributed by atoms with Gasteiger partial charge < -0.3 is 14.7 Å². The van der Waals surface area contributed by atoms with Gasteiger partial charge in [-0.25, -0.2) is 4.98 Å². The Bertz CT molecular complexity index is 905. The van der Waals surface area contributed by atoms with Gasteiger partial charge >= 0.3 is 0 Å². The molecule has 0 bridgehead atoms. The van der Waals surface area contributed by atoms with E-state index in [2.05, 4.69) is 46.2 Å². The van der Waals surface area contributed by atoms with Crippen molar-refractivity contribution in [2.24, 2.45) is 0 Å². The van der Waals surface area contributed by atoms with Crippen molar-refractivity contribution in [3.8, 4) is 0 Å². The van der Waals surface area contributed by atoms with Crippen LogP contribution < -0.4 is 5.32 Å². The Labute approximate surface area is 182 Å². The summed E-state index contributed by atoms with van der Waals surface area (Å²) in [5.74, 6) is 1.18. The number of rotatable bonds is 11. The molecule has 0 aliphatic carbocycles. The normalized spacial score (nSPS) is 12.3. The number of carbonyl (C=O) groups is 1. The van der Waals surface area contributed by atoms with Crippen molar-refractivity contribution in [2.45, 2.75) is 38.4 Å². The van der Waals surface area contributed by atoms with Crippen LogP contribution in [0.2, 0.25) is 0 Å². The van der Waals surface area contributed by atoms with E-state index in [1.165, 1.54) is 17.3 Å². The number of aromatic amines is 1. The Morgan fingerprint density at radius 3 is 2.63 bits per heavy atom. The van der Waals surface area contributed by atoms with Crippen LogP contribution in [0.15, 0.2) is 58.3 Å². The van der Waals surface area contributed by atoms with Crippen LogP contribution in [-0.2, 0) is 11.2 Å². The Kier molecular flexibility index (Phi) is 8.16. The second kappa shape index (κ2) is 11.0. The molecule has 1 aromatic carbocycles. The van der Waals surface area contributed by atoms with Gasteiger partial charge in [-0.05, 0) is 37.7 Å². The van der Waals surface area contributed by atoms with E-state index in [1.54, 1.807) is 6.26 Å². The predicted octanol–water partition coefficient (Wildman–Crippen LogP) is 4.19. The number of imidazole rings is 1. The first-order valence-corrected chi connectivity index (χ1v) is 11.4. The monoisotopic (exact) mass is 426 g/mol. The molecule has 0 spiro atoms. The van der Waals surface area contributed by atoms with Gasteiger partial charge in [-0.1, -0.05) is 55.9 Å². The lowest BCUT2D eigenvalue weighted by Crippen LogP contribution is -2.38. The number of thioether (sulfide) groups is 1. The van der Waals surface area contributed by atoms with E-state index in [1.807, 2.05) is 37.3 Å². The molecule has 2 N–H and O–H groups in total. The molecule has 2 aromatic heterocycles. The van der Waals surface area contributed by atoms with E-state index in [-0.39, 0.29) is 11.9 Å². The van der Waals surface area contributed by atoms with Crippen molar-refractivity contribution in [3.05, 3.63) is 71.4 Å². The fourth-order valence-corrected chi connectivity index (χ4v) is 4.22. The third-order valence-corrected chi connectivity index (χ3v) is 6.01. The van der Waals surface area contributed by atoms with Gasteiger partial charge in [0.25, 0.3) is 0 Å². The predicted molar refractivity (Wildman–Crippen MR) is 121 cm³/mol. The van der Waals surface area contributed by atoms with Crippen LogP contribution in [0, 0.1) is 6.92 Å². The summed E-state index contributed by atoms with van der Waals surface area (Å²) in [6.45, 7) is 8.55. The first-order chi connectivity index (χ1) is 14.6. The maximum absolute atomic E-state index is 12.4. The minimum absolute atomic E-state index is 0.0117. The Hall–Kier alpha value is -2.51. The highest BCUT2D eigenvalue weighted by molar-refractivity contribution is 7.99. The molecule has 3 rings (SSSR count). The highest BCUT2D eigenvalue weighted by Crippen LogP contribution is 2.21. The van der Waals surface area contributed by atoms with Gasteiger partial charge in [-0.15, -0.1) is 0 Å². The Morgan fingerprint density at radius 2 is 1.97 bits per heavy atom. The topological polar surface area (TPSA) is 74.2 Å². The SMILES string of the molecule is CCN(CC)[C@H](CNC(=O)CSc1nc(Cc2ccccc2)c(C)[nH]1)c1ccco1. The van der Waals surface area contributed by atoms with Crippen LogP contribution in [-0.4, -0.2) is 46.2 Å². The number of nitrogens with zero attached hydrogens (tertiary/aromatic N) is 2. The van der Waals surface area contributed by atoms with Crippen molar-refractivity contribution in [1.82, 2.24) is 20.2 Å². The molecule has 0 aliphatic heterocycles. The molecule has 160 valence electrons. The third-order valence-electron chi connectivity index (χ3n) is 5.14. The average molecular weight is 427 g/mol. The molecule has 6 nitrogen and oxygen atoms in total. The van der Waals surface area contributed by atoms with Gasteiger partial charge in [-0.3, -0.25) is 9.69 Å². The molecule has 2 heterocycles. The molecule has 0 aliphatic rings. The lowest BCUT2D eigenvalue weighted by molar-refractivity contribution is -0.118. The van der Waals surface area contributed by atoms with E-state index >= 15 is 0 Å². The minimum atomic E-state index is -0.0117. The van der Waals surface area contributed by atoms with E-state index in [0.717, 1.165) is 41.8 Å². The highest BCUT2D eigenvalue weighted by atomic mass is 32.2. The average Bonchev–Trinajstić information content (AvgIpc) is 3.40. The zero-order valence-corrected chi connectivity index (χ0v) is 18.7. The van der Waals surface area contributed by atoms with Crippen LogP contribution >= 0.6 is 11.8 Å².